The van der Waals surface area contributed by atoms with Gasteiger partial charge in [-0.1, -0.05) is 12.8 Å². The molecule has 2 aliphatic carbocycles. The van der Waals surface area contributed by atoms with Gasteiger partial charge in [-0.15, -0.1) is 0 Å². The maximum absolute atomic E-state index is 12.5. The van der Waals surface area contributed by atoms with E-state index in [4.69, 9.17) is 20.7 Å². The van der Waals surface area contributed by atoms with Gasteiger partial charge in [-0.3, -0.25) is 0 Å². The van der Waals surface area contributed by atoms with E-state index in [9.17, 15) is 8.42 Å². The molecule has 0 radical (unpaired) electrons. The molecule has 11 nitrogen and oxygen atoms in total. The van der Waals surface area contributed by atoms with Crippen molar-refractivity contribution in [3.8, 4) is 0 Å². The molecule has 0 unspecified atom stereocenters. The molecule has 5 rings (SSSR count). The molecule has 35 heavy (non-hydrogen) atoms. The summed E-state index contributed by atoms with van der Waals surface area (Å²) < 4.78 is 30.0. The second-order valence-electron chi connectivity index (χ2n) is 10.5. The van der Waals surface area contributed by atoms with Crippen LogP contribution in [0.4, 0.5) is 11.8 Å². The number of rotatable bonds is 7. The Hall–Kier alpha value is -2.02. The van der Waals surface area contributed by atoms with Crippen LogP contribution < -0.4 is 16.4 Å². The molecule has 2 aromatic rings. The minimum Gasteiger partial charge on any atom is -0.365 e. The fraction of sp³-hybridized carbons (Fsp3) is 0.783. The first-order valence-corrected chi connectivity index (χ1v) is 14.4. The largest absolute Gasteiger partial charge is 0.365 e. The van der Waals surface area contributed by atoms with E-state index in [1.54, 1.807) is 18.4 Å². The molecule has 0 amide bonds. The summed E-state index contributed by atoms with van der Waals surface area (Å²) in [6.45, 7) is 0.965. The van der Waals surface area contributed by atoms with Crippen LogP contribution in [0.2, 0.25) is 0 Å². The smallest absolute Gasteiger partial charge is 0.281 e. The van der Waals surface area contributed by atoms with E-state index >= 15 is 0 Å². The predicted molar refractivity (Wildman–Crippen MR) is 138 cm³/mol. The monoisotopic (exact) mass is 505 g/mol. The molecule has 194 valence electrons. The zero-order valence-electron chi connectivity index (χ0n) is 20.9. The average molecular weight is 506 g/mol. The van der Waals surface area contributed by atoms with Gasteiger partial charge in [0, 0.05) is 51.4 Å². The van der Waals surface area contributed by atoms with Gasteiger partial charge in [0.15, 0.2) is 17.0 Å². The summed E-state index contributed by atoms with van der Waals surface area (Å²) in [5.74, 6) is 1.36. The Morgan fingerprint density at radius 2 is 1.60 bits per heavy atom. The minimum atomic E-state index is -3.39. The highest BCUT2D eigenvalue weighted by Crippen LogP contribution is 2.34. The van der Waals surface area contributed by atoms with Gasteiger partial charge >= 0.3 is 0 Å². The number of nitrogens with two attached hydrogens (primary N) is 1. The van der Waals surface area contributed by atoms with Gasteiger partial charge in [-0.25, -0.2) is 4.98 Å². The first-order chi connectivity index (χ1) is 16.8. The lowest BCUT2D eigenvalue weighted by Crippen LogP contribution is -2.46. The van der Waals surface area contributed by atoms with Crippen LogP contribution in [-0.2, 0) is 10.2 Å². The molecule has 0 atom stereocenters. The number of nitrogens with one attached hydrogen (secondary N) is 2. The Morgan fingerprint density at radius 1 is 0.943 bits per heavy atom. The van der Waals surface area contributed by atoms with Crippen molar-refractivity contribution < 1.29 is 8.42 Å². The van der Waals surface area contributed by atoms with Crippen molar-refractivity contribution in [1.29, 1.82) is 0 Å². The zero-order valence-corrected chi connectivity index (χ0v) is 21.7. The molecule has 4 N–H and O–H groups in total. The molecule has 3 aliphatic rings. The van der Waals surface area contributed by atoms with Crippen molar-refractivity contribution in [2.45, 2.75) is 88.4 Å². The van der Waals surface area contributed by atoms with Crippen LogP contribution in [0.1, 0.15) is 70.3 Å². The third-order valence-corrected chi connectivity index (χ3v) is 9.77. The molecule has 2 aromatic heterocycles. The molecule has 2 saturated carbocycles. The second kappa shape index (κ2) is 10.2. The minimum absolute atomic E-state index is 0.124. The molecule has 0 spiro atoms. The van der Waals surface area contributed by atoms with Gasteiger partial charge in [0.05, 0.1) is 6.33 Å². The summed E-state index contributed by atoms with van der Waals surface area (Å²) in [5.41, 5.74) is 7.76. The first-order valence-electron chi connectivity index (χ1n) is 13.0. The van der Waals surface area contributed by atoms with Crippen LogP contribution in [0.3, 0.4) is 0 Å². The lowest BCUT2D eigenvalue weighted by molar-refractivity contribution is 0.311. The van der Waals surface area contributed by atoms with E-state index in [2.05, 4.69) is 15.2 Å². The average Bonchev–Trinajstić information content (AvgIpc) is 3.51. The highest BCUT2D eigenvalue weighted by Gasteiger charge is 2.30. The molecule has 1 saturated heterocycles. The van der Waals surface area contributed by atoms with Crippen LogP contribution in [0.5, 0.6) is 0 Å². The lowest BCUT2D eigenvalue weighted by atomic mass is 9.92. The number of anilines is 2. The number of fused-ring (bicyclic) bond motifs is 1. The SMILES string of the molecule is CN(C)S(=O)(=O)N1CCC(Nc2nc(NC3CCC(N)CC3)nc3c2ncn3C2CCCC2)CC1. The molecule has 12 heteroatoms. The van der Waals surface area contributed by atoms with Crippen molar-refractivity contribution in [1.82, 2.24) is 28.1 Å². The summed E-state index contributed by atoms with van der Waals surface area (Å²) in [6.07, 6.45) is 12.2. The normalized spacial score (nSPS) is 25.5. The number of imidazole rings is 1. The fourth-order valence-electron chi connectivity index (χ4n) is 5.63. The molecule has 3 fully saturated rings. The van der Waals surface area contributed by atoms with E-state index in [-0.39, 0.29) is 6.04 Å². The van der Waals surface area contributed by atoms with Crippen molar-refractivity contribution in [2.75, 3.05) is 37.8 Å². The van der Waals surface area contributed by atoms with E-state index in [0.29, 0.717) is 50.0 Å². The topological polar surface area (TPSA) is 134 Å². The summed E-state index contributed by atoms with van der Waals surface area (Å²) >= 11 is 0. The molecule has 3 heterocycles. The molecular weight excluding hydrogens is 466 g/mol. The molecule has 0 aromatic carbocycles. The van der Waals surface area contributed by atoms with E-state index in [1.165, 1.54) is 17.1 Å². The maximum Gasteiger partial charge on any atom is 0.281 e. The summed E-state index contributed by atoms with van der Waals surface area (Å²) in [5, 5.41) is 7.16. The fourth-order valence-corrected chi connectivity index (χ4v) is 6.77. The first kappa shape index (κ1) is 24.7. The van der Waals surface area contributed by atoms with E-state index in [0.717, 1.165) is 55.5 Å². The number of nitrogens with zero attached hydrogens (tertiary/aromatic N) is 6. The Labute approximate surface area is 208 Å². The van der Waals surface area contributed by atoms with Crippen molar-refractivity contribution >= 4 is 33.1 Å². The highest BCUT2D eigenvalue weighted by molar-refractivity contribution is 7.86. The number of hydrogen-bond acceptors (Lipinski definition) is 8. The van der Waals surface area contributed by atoms with Crippen molar-refractivity contribution in [2.24, 2.45) is 5.73 Å². The van der Waals surface area contributed by atoms with E-state index < -0.39 is 10.2 Å². The number of aromatic nitrogens is 4. The maximum atomic E-state index is 12.5. The quantitative estimate of drug-likeness (QED) is 0.522. The van der Waals surface area contributed by atoms with Gasteiger partial charge in [0.2, 0.25) is 5.95 Å². The second-order valence-corrected chi connectivity index (χ2v) is 12.7. The van der Waals surface area contributed by atoms with E-state index in [1.807, 2.05) is 6.33 Å². The van der Waals surface area contributed by atoms with Gasteiger partial charge < -0.3 is 20.9 Å². The Kier molecular flexibility index (Phi) is 7.16. The summed E-state index contributed by atoms with van der Waals surface area (Å²) in [6, 6.07) is 1.17. The van der Waals surface area contributed by atoms with Crippen LogP contribution in [0, 0.1) is 0 Å². The lowest BCUT2D eigenvalue weighted by Gasteiger charge is -2.33. The Bertz CT molecular complexity index is 1110. The number of hydrogen-bond donors (Lipinski definition) is 3. The van der Waals surface area contributed by atoms with Crippen molar-refractivity contribution in [3.63, 3.8) is 0 Å². The van der Waals surface area contributed by atoms with Gasteiger partial charge in [0.25, 0.3) is 10.2 Å². The summed E-state index contributed by atoms with van der Waals surface area (Å²) in [7, 11) is -0.234. The van der Waals surface area contributed by atoms with Crippen LogP contribution in [-0.4, -0.2) is 81.9 Å². The molecular formula is C23H39N9O2S. The van der Waals surface area contributed by atoms with Gasteiger partial charge in [-0.05, 0) is 51.4 Å². The highest BCUT2D eigenvalue weighted by atomic mass is 32.2. The van der Waals surface area contributed by atoms with Crippen LogP contribution >= 0.6 is 0 Å². The predicted octanol–water partition coefficient (Wildman–Crippen LogP) is 2.31. The standard InChI is InChI=1S/C23H39N9O2S/c1-30(2)35(33,34)31-13-11-18(12-14-31)26-21-20-22(32(15-25-20)19-5-3-4-6-19)29-23(28-21)27-17-9-7-16(24)8-10-17/h15-19H,3-14,24H2,1-2H3,(H2,26,27,28,29). The molecule has 1 aliphatic heterocycles. The summed E-state index contributed by atoms with van der Waals surface area (Å²) in [4.78, 5) is 14.5. The van der Waals surface area contributed by atoms with Crippen molar-refractivity contribution in [3.05, 3.63) is 6.33 Å². The third kappa shape index (κ3) is 5.25. The molecule has 0 bridgehead atoms. The van der Waals surface area contributed by atoms with Gasteiger partial charge in [0.1, 0.15) is 0 Å². The third-order valence-electron chi connectivity index (χ3n) is 7.83. The van der Waals surface area contributed by atoms with Crippen LogP contribution in [0.15, 0.2) is 6.33 Å². The Morgan fingerprint density at radius 3 is 2.26 bits per heavy atom. The Balaban J connectivity index is 1.37. The van der Waals surface area contributed by atoms with Gasteiger partial charge in [-0.2, -0.15) is 27.0 Å². The zero-order chi connectivity index (χ0) is 24.6. The van der Waals surface area contributed by atoms with Crippen LogP contribution in [0.25, 0.3) is 11.2 Å². The number of piperidine rings is 1.